The van der Waals surface area contributed by atoms with Crippen LogP contribution in [0.5, 0.6) is 0 Å². The molecule has 0 heterocycles. The lowest BCUT2D eigenvalue weighted by Crippen LogP contribution is -1.94. The van der Waals surface area contributed by atoms with Crippen molar-refractivity contribution >= 4 is 0 Å². The number of hydrogen-bond acceptors (Lipinski definition) is 2. The van der Waals surface area contributed by atoms with Gasteiger partial charge in [-0.05, 0) is 5.56 Å². The average Bonchev–Trinajstić information content (AvgIpc) is 1.90. The van der Waals surface area contributed by atoms with Crippen LogP contribution < -0.4 is 11.9 Å². The van der Waals surface area contributed by atoms with Gasteiger partial charge < -0.3 is 11.9 Å². The Kier molecular flexibility index (Phi) is 3.67. The first-order valence-corrected chi connectivity index (χ1v) is 2.67. The first-order chi connectivity index (χ1) is 3.93. The molecule has 1 aromatic carbocycles. The largest absolute Gasteiger partial charge is 0.344 e. The molecule has 0 atom stereocenters. The molecular weight excluding hydrogens is 112 g/mol. The lowest BCUT2D eigenvalue weighted by molar-refractivity contribution is 1.07. The summed E-state index contributed by atoms with van der Waals surface area (Å²) in [7, 11) is 0. The molecule has 0 bridgehead atoms. The Bertz CT molecular complexity index is 148. The molecule has 0 radical (unpaired) electrons. The third kappa shape index (κ3) is 2.26. The van der Waals surface area contributed by atoms with Crippen LogP contribution in [-0.4, -0.2) is 0 Å². The minimum atomic E-state index is 0. The molecule has 0 aliphatic heterocycles. The highest BCUT2D eigenvalue weighted by Gasteiger charge is 1.80. The van der Waals surface area contributed by atoms with Crippen molar-refractivity contribution in [2.45, 2.75) is 6.54 Å². The van der Waals surface area contributed by atoms with E-state index in [4.69, 9.17) is 5.73 Å². The predicted molar refractivity (Wildman–Crippen MR) is 39.4 cm³/mol. The van der Waals surface area contributed by atoms with Gasteiger partial charge in [-0.2, -0.15) is 0 Å². The van der Waals surface area contributed by atoms with Crippen molar-refractivity contribution in [1.29, 1.82) is 0 Å². The first-order valence-electron chi connectivity index (χ1n) is 2.67. The van der Waals surface area contributed by atoms with Crippen LogP contribution in [0.2, 0.25) is 0 Å². The second-order valence-corrected chi connectivity index (χ2v) is 1.69. The summed E-state index contributed by atoms with van der Waals surface area (Å²) in [6.07, 6.45) is 0. The highest BCUT2D eigenvalue weighted by atomic mass is 14.5. The average molecular weight is 124 g/mol. The fourth-order valence-corrected chi connectivity index (χ4v) is 0.614. The minimum Gasteiger partial charge on any atom is -0.344 e. The van der Waals surface area contributed by atoms with E-state index in [0.717, 1.165) is 0 Å². The topological polar surface area (TPSA) is 61.0 Å². The molecular formula is C7H12N2. The third-order valence-electron chi connectivity index (χ3n) is 1.08. The summed E-state index contributed by atoms with van der Waals surface area (Å²) < 4.78 is 0. The first kappa shape index (κ1) is 8.14. The number of nitrogens with two attached hydrogens (primary N) is 1. The Morgan fingerprint density at radius 1 is 1.11 bits per heavy atom. The predicted octanol–water partition coefficient (Wildman–Crippen LogP) is 1.31. The van der Waals surface area contributed by atoms with Gasteiger partial charge in [0.1, 0.15) is 0 Å². The Morgan fingerprint density at radius 2 is 1.67 bits per heavy atom. The third-order valence-corrected chi connectivity index (χ3v) is 1.08. The van der Waals surface area contributed by atoms with E-state index in [0.29, 0.717) is 6.54 Å². The molecule has 0 aliphatic rings. The fourth-order valence-electron chi connectivity index (χ4n) is 0.614. The van der Waals surface area contributed by atoms with Crippen molar-refractivity contribution in [1.82, 2.24) is 6.15 Å². The van der Waals surface area contributed by atoms with Gasteiger partial charge in [0.15, 0.2) is 0 Å². The van der Waals surface area contributed by atoms with Gasteiger partial charge in [0.25, 0.3) is 0 Å². The molecule has 2 nitrogen and oxygen atoms in total. The van der Waals surface area contributed by atoms with Crippen LogP contribution in [0.4, 0.5) is 0 Å². The van der Waals surface area contributed by atoms with Gasteiger partial charge in [0, 0.05) is 6.54 Å². The normalized spacial score (nSPS) is 8.11. The molecule has 0 fully saturated rings. The van der Waals surface area contributed by atoms with E-state index in [-0.39, 0.29) is 6.15 Å². The van der Waals surface area contributed by atoms with E-state index in [1.807, 2.05) is 30.3 Å². The summed E-state index contributed by atoms with van der Waals surface area (Å²) in [5, 5.41) is 0. The number of hydrogen-bond donors (Lipinski definition) is 2. The van der Waals surface area contributed by atoms with E-state index in [2.05, 4.69) is 0 Å². The highest BCUT2D eigenvalue weighted by Crippen LogP contribution is 1.94. The van der Waals surface area contributed by atoms with Crippen LogP contribution in [0, 0.1) is 0 Å². The summed E-state index contributed by atoms with van der Waals surface area (Å²) in [5.41, 5.74) is 6.54. The molecule has 0 aromatic heterocycles. The molecule has 0 spiro atoms. The van der Waals surface area contributed by atoms with E-state index < -0.39 is 0 Å². The van der Waals surface area contributed by atoms with Gasteiger partial charge in [-0.1, -0.05) is 30.3 Å². The molecule has 2 heteroatoms. The minimum absolute atomic E-state index is 0. The molecule has 1 aromatic rings. The van der Waals surface area contributed by atoms with Gasteiger partial charge in [0.05, 0.1) is 0 Å². The second-order valence-electron chi connectivity index (χ2n) is 1.69. The Balaban J connectivity index is 0.000000640. The molecule has 9 heavy (non-hydrogen) atoms. The second kappa shape index (κ2) is 4.06. The van der Waals surface area contributed by atoms with E-state index in [1.165, 1.54) is 5.56 Å². The monoisotopic (exact) mass is 124 g/mol. The van der Waals surface area contributed by atoms with Gasteiger partial charge in [-0.3, -0.25) is 0 Å². The molecule has 5 N–H and O–H groups in total. The number of rotatable bonds is 1. The lowest BCUT2D eigenvalue weighted by atomic mass is 10.2. The van der Waals surface area contributed by atoms with Crippen molar-refractivity contribution in [2.75, 3.05) is 0 Å². The SMILES string of the molecule is N.NCc1ccccc1. The van der Waals surface area contributed by atoms with E-state index in [1.54, 1.807) is 0 Å². The zero-order valence-electron chi connectivity index (χ0n) is 5.38. The maximum atomic E-state index is 5.35. The molecule has 0 aliphatic carbocycles. The summed E-state index contributed by atoms with van der Waals surface area (Å²) in [6.45, 7) is 0.640. The van der Waals surface area contributed by atoms with Crippen molar-refractivity contribution in [3.05, 3.63) is 35.9 Å². The van der Waals surface area contributed by atoms with Crippen molar-refractivity contribution in [3.8, 4) is 0 Å². The van der Waals surface area contributed by atoms with Gasteiger partial charge in [0.2, 0.25) is 0 Å². The van der Waals surface area contributed by atoms with Crippen LogP contribution in [0.1, 0.15) is 5.56 Å². The zero-order valence-corrected chi connectivity index (χ0v) is 5.38. The molecule has 0 saturated carbocycles. The maximum absolute atomic E-state index is 5.35. The quantitative estimate of drug-likeness (QED) is 0.593. The highest BCUT2D eigenvalue weighted by molar-refractivity contribution is 5.13. The smallest absolute Gasteiger partial charge is 0.0178 e. The standard InChI is InChI=1S/C7H9N.H3N/c8-6-7-4-2-1-3-5-7;/h1-5H,6,8H2;1H3. The fraction of sp³-hybridized carbons (Fsp3) is 0.143. The Labute approximate surface area is 55.3 Å². The van der Waals surface area contributed by atoms with Crippen LogP contribution in [0.3, 0.4) is 0 Å². The Morgan fingerprint density at radius 3 is 2.00 bits per heavy atom. The van der Waals surface area contributed by atoms with Gasteiger partial charge in [-0.15, -0.1) is 0 Å². The molecule has 50 valence electrons. The van der Waals surface area contributed by atoms with E-state index >= 15 is 0 Å². The summed E-state index contributed by atoms with van der Waals surface area (Å²) in [5.74, 6) is 0. The van der Waals surface area contributed by atoms with Crippen LogP contribution in [0.15, 0.2) is 30.3 Å². The van der Waals surface area contributed by atoms with Crippen LogP contribution >= 0.6 is 0 Å². The summed E-state index contributed by atoms with van der Waals surface area (Å²) in [6, 6.07) is 9.99. The van der Waals surface area contributed by atoms with Gasteiger partial charge >= 0.3 is 0 Å². The van der Waals surface area contributed by atoms with Crippen molar-refractivity contribution in [2.24, 2.45) is 5.73 Å². The molecule has 0 saturated heterocycles. The molecule has 0 amide bonds. The van der Waals surface area contributed by atoms with Crippen molar-refractivity contribution in [3.63, 3.8) is 0 Å². The maximum Gasteiger partial charge on any atom is 0.0178 e. The van der Waals surface area contributed by atoms with Crippen LogP contribution in [-0.2, 0) is 6.54 Å². The molecule has 1 rings (SSSR count). The molecule has 0 unspecified atom stereocenters. The van der Waals surface area contributed by atoms with Gasteiger partial charge in [-0.25, -0.2) is 0 Å². The Hall–Kier alpha value is -0.860. The summed E-state index contributed by atoms with van der Waals surface area (Å²) >= 11 is 0. The van der Waals surface area contributed by atoms with E-state index in [9.17, 15) is 0 Å². The zero-order chi connectivity index (χ0) is 5.82. The van der Waals surface area contributed by atoms with Crippen LogP contribution in [0.25, 0.3) is 0 Å². The van der Waals surface area contributed by atoms with Crippen molar-refractivity contribution < 1.29 is 0 Å². The lowest BCUT2D eigenvalue weighted by Gasteiger charge is -1.90. The number of benzene rings is 1. The summed E-state index contributed by atoms with van der Waals surface area (Å²) in [4.78, 5) is 0.